The number of anilines is 1. The second-order valence-corrected chi connectivity index (χ2v) is 9.76. The molecule has 3 heterocycles. The third-order valence-corrected chi connectivity index (χ3v) is 6.97. The van der Waals surface area contributed by atoms with Crippen LogP contribution in [0.5, 0.6) is 11.5 Å². The molecular formula is C17H22N2O4S2. The highest BCUT2D eigenvalue weighted by Gasteiger charge is 2.52. The molecular weight excluding hydrogens is 360 g/mol. The van der Waals surface area contributed by atoms with Crippen LogP contribution in [0, 0.1) is 5.92 Å². The molecule has 2 atom stereocenters. The molecule has 0 saturated carbocycles. The molecule has 0 spiro atoms. The maximum Gasteiger partial charge on any atom is 0.176 e. The summed E-state index contributed by atoms with van der Waals surface area (Å²) >= 11 is 5.73. The van der Waals surface area contributed by atoms with Crippen LogP contribution in [0.2, 0.25) is 0 Å². The van der Waals surface area contributed by atoms with Gasteiger partial charge in [-0.2, -0.15) is 0 Å². The Labute approximate surface area is 153 Å². The quantitative estimate of drug-likeness (QED) is 0.737. The van der Waals surface area contributed by atoms with Gasteiger partial charge in [-0.05, 0) is 30.3 Å². The van der Waals surface area contributed by atoms with Crippen LogP contribution in [-0.2, 0) is 9.84 Å². The van der Waals surface area contributed by atoms with Gasteiger partial charge in [0.25, 0.3) is 0 Å². The first-order chi connectivity index (χ1) is 11.9. The molecule has 25 heavy (non-hydrogen) atoms. The third kappa shape index (κ3) is 2.95. The summed E-state index contributed by atoms with van der Waals surface area (Å²) in [4.78, 5) is 4.08. The van der Waals surface area contributed by atoms with Gasteiger partial charge in [0.1, 0.15) is 13.2 Å². The second kappa shape index (κ2) is 6.02. The highest BCUT2D eigenvalue weighted by Crippen LogP contribution is 2.40. The summed E-state index contributed by atoms with van der Waals surface area (Å²) in [6, 6.07) is 5.49. The fourth-order valence-electron chi connectivity index (χ4n) is 3.87. The fourth-order valence-corrected chi connectivity index (χ4v) is 6.27. The molecule has 6 nitrogen and oxygen atoms in total. The van der Waals surface area contributed by atoms with Crippen molar-refractivity contribution in [3.63, 3.8) is 0 Å². The molecule has 3 aliphatic rings. The van der Waals surface area contributed by atoms with E-state index in [4.69, 9.17) is 21.7 Å². The summed E-state index contributed by atoms with van der Waals surface area (Å²) in [7, 11) is -3.05. The molecule has 8 heteroatoms. The third-order valence-electron chi connectivity index (χ3n) is 4.84. The zero-order valence-corrected chi connectivity index (χ0v) is 16.0. The minimum Gasteiger partial charge on any atom is -0.486 e. The van der Waals surface area contributed by atoms with E-state index < -0.39 is 9.84 Å². The molecule has 0 unspecified atom stereocenters. The average Bonchev–Trinajstić information content (AvgIpc) is 2.98. The molecule has 1 aromatic carbocycles. The topological polar surface area (TPSA) is 59.1 Å². The van der Waals surface area contributed by atoms with Gasteiger partial charge in [0.2, 0.25) is 0 Å². The molecule has 0 aliphatic carbocycles. The van der Waals surface area contributed by atoms with Crippen LogP contribution in [0.1, 0.15) is 13.8 Å². The largest absolute Gasteiger partial charge is 0.486 e. The van der Waals surface area contributed by atoms with E-state index in [1.165, 1.54) is 0 Å². The molecule has 1 aromatic rings. The maximum absolute atomic E-state index is 12.3. The van der Waals surface area contributed by atoms with E-state index in [-0.39, 0.29) is 23.6 Å². The van der Waals surface area contributed by atoms with Crippen LogP contribution < -0.4 is 14.4 Å². The van der Waals surface area contributed by atoms with E-state index in [0.717, 1.165) is 18.0 Å². The molecule has 136 valence electrons. The summed E-state index contributed by atoms with van der Waals surface area (Å²) in [5, 5.41) is 0.704. The zero-order valence-electron chi connectivity index (χ0n) is 14.3. The van der Waals surface area contributed by atoms with Gasteiger partial charge < -0.3 is 19.3 Å². The van der Waals surface area contributed by atoms with Crippen LogP contribution in [0.25, 0.3) is 0 Å². The van der Waals surface area contributed by atoms with Crippen molar-refractivity contribution in [3.8, 4) is 11.5 Å². The van der Waals surface area contributed by atoms with Gasteiger partial charge in [0.15, 0.2) is 26.4 Å². The molecule has 0 aromatic heterocycles. The molecule has 0 bridgehead atoms. The summed E-state index contributed by atoms with van der Waals surface area (Å²) < 4.78 is 35.8. The lowest BCUT2D eigenvalue weighted by atomic mass is 10.1. The molecule has 0 radical (unpaired) electrons. The molecule has 2 saturated heterocycles. The highest BCUT2D eigenvalue weighted by molar-refractivity contribution is 7.91. The number of nitrogens with zero attached hydrogens (tertiary/aromatic N) is 2. The molecule has 2 fully saturated rings. The van der Waals surface area contributed by atoms with Crippen molar-refractivity contribution in [2.24, 2.45) is 5.92 Å². The minimum absolute atomic E-state index is 0.0758. The standard InChI is InChI=1S/C17H22N2O4S2/c1-11(2)8-18-13-9-25(20,21)10-14(13)19(17(18)24)12-3-4-15-16(7-12)23-6-5-22-15/h3-4,7,11,13-14H,5-6,8-10H2,1-2H3/t13-,14-/m0/s1. The SMILES string of the molecule is CC(C)CN1C(=S)N(c2ccc3c(c2)OCCO3)[C@H]2CS(=O)(=O)C[C@@H]21. The number of benzene rings is 1. The first kappa shape index (κ1) is 16.9. The lowest BCUT2D eigenvalue weighted by Gasteiger charge is -2.28. The first-order valence-corrected chi connectivity index (χ1v) is 10.8. The second-order valence-electron chi connectivity index (χ2n) is 7.24. The van der Waals surface area contributed by atoms with E-state index in [1.54, 1.807) is 0 Å². The zero-order chi connectivity index (χ0) is 17.8. The van der Waals surface area contributed by atoms with Crippen molar-refractivity contribution in [2.75, 3.05) is 36.2 Å². The minimum atomic E-state index is -3.05. The Morgan fingerprint density at radius 2 is 1.84 bits per heavy atom. The Hall–Kier alpha value is -1.54. The van der Waals surface area contributed by atoms with Gasteiger partial charge in [-0.25, -0.2) is 8.42 Å². The Morgan fingerprint density at radius 1 is 1.16 bits per heavy atom. The van der Waals surface area contributed by atoms with Crippen LogP contribution in [-0.4, -0.2) is 61.8 Å². The number of sulfone groups is 1. The fraction of sp³-hybridized carbons (Fsp3) is 0.588. The summed E-state index contributed by atoms with van der Waals surface area (Å²) in [6.07, 6.45) is 0. The van der Waals surface area contributed by atoms with E-state index in [0.29, 0.717) is 30.0 Å². The average molecular weight is 383 g/mol. The van der Waals surface area contributed by atoms with Crippen molar-refractivity contribution in [3.05, 3.63) is 18.2 Å². The van der Waals surface area contributed by atoms with E-state index in [9.17, 15) is 8.42 Å². The molecule has 0 amide bonds. The Balaban J connectivity index is 1.71. The number of rotatable bonds is 3. The molecule has 3 aliphatic heterocycles. The van der Waals surface area contributed by atoms with Crippen molar-refractivity contribution in [1.82, 2.24) is 4.90 Å². The Kier molecular flexibility index (Phi) is 4.07. The van der Waals surface area contributed by atoms with E-state index in [1.807, 2.05) is 23.1 Å². The van der Waals surface area contributed by atoms with Gasteiger partial charge in [0, 0.05) is 18.3 Å². The molecule has 4 rings (SSSR count). The lowest BCUT2D eigenvalue weighted by molar-refractivity contribution is 0.171. The summed E-state index contributed by atoms with van der Waals surface area (Å²) in [5.74, 6) is 2.12. The van der Waals surface area contributed by atoms with Crippen LogP contribution in [0.15, 0.2) is 18.2 Å². The maximum atomic E-state index is 12.3. The number of fused-ring (bicyclic) bond motifs is 2. The summed E-state index contributed by atoms with van der Waals surface area (Å²) in [6.45, 7) is 6.05. The van der Waals surface area contributed by atoms with Crippen LogP contribution >= 0.6 is 12.2 Å². The van der Waals surface area contributed by atoms with Crippen molar-refractivity contribution < 1.29 is 17.9 Å². The number of ether oxygens (including phenoxy) is 2. The Morgan fingerprint density at radius 3 is 2.56 bits per heavy atom. The van der Waals surface area contributed by atoms with Gasteiger partial charge in [-0.1, -0.05) is 13.8 Å². The summed E-state index contributed by atoms with van der Waals surface area (Å²) in [5.41, 5.74) is 0.868. The van der Waals surface area contributed by atoms with E-state index in [2.05, 4.69) is 18.7 Å². The number of thiocarbonyl (C=S) groups is 1. The van der Waals surface area contributed by atoms with Crippen molar-refractivity contribution >= 4 is 32.9 Å². The first-order valence-electron chi connectivity index (χ1n) is 8.55. The van der Waals surface area contributed by atoms with E-state index >= 15 is 0 Å². The predicted octanol–water partition coefficient (Wildman–Crippen LogP) is 1.69. The molecule has 0 N–H and O–H groups in total. The van der Waals surface area contributed by atoms with Crippen LogP contribution in [0.4, 0.5) is 5.69 Å². The van der Waals surface area contributed by atoms with Gasteiger partial charge in [-0.3, -0.25) is 0 Å². The van der Waals surface area contributed by atoms with Crippen molar-refractivity contribution in [2.45, 2.75) is 25.9 Å². The van der Waals surface area contributed by atoms with Gasteiger partial charge >= 0.3 is 0 Å². The monoisotopic (exact) mass is 382 g/mol. The number of hydrogen-bond donors (Lipinski definition) is 0. The van der Waals surface area contributed by atoms with Gasteiger partial charge in [0.05, 0.1) is 23.6 Å². The normalized spacial score (nSPS) is 27.1. The van der Waals surface area contributed by atoms with Crippen LogP contribution in [0.3, 0.4) is 0 Å². The Bertz CT molecular complexity index is 809. The van der Waals surface area contributed by atoms with Crippen molar-refractivity contribution in [1.29, 1.82) is 0 Å². The number of hydrogen-bond acceptors (Lipinski definition) is 5. The van der Waals surface area contributed by atoms with Gasteiger partial charge in [-0.15, -0.1) is 0 Å². The highest BCUT2D eigenvalue weighted by atomic mass is 32.2. The smallest absolute Gasteiger partial charge is 0.176 e. The lowest BCUT2D eigenvalue weighted by Crippen LogP contribution is -2.39. The predicted molar refractivity (Wildman–Crippen MR) is 100 cm³/mol.